The summed E-state index contributed by atoms with van der Waals surface area (Å²) in [6.07, 6.45) is 10.1. The second-order valence-corrected chi connectivity index (χ2v) is 11.9. The van der Waals surface area contributed by atoms with E-state index in [2.05, 4.69) is 24.0 Å². The summed E-state index contributed by atoms with van der Waals surface area (Å²) < 4.78 is 0. The number of phenols is 1. The van der Waals surface area contributed by atoms with Crippen LogP contribution < -0.4 is 0 Å². The van der Waals surface area contributed by atoms with E-state index in [0.29, 0.717) is 5.75 Å². The van der Waals surface area contributed by atoms with Gasteiger partial charge in [-0.15, -0.1) is 0 Å². The van der Waals surface area contributed by atoms with Crippen molar-refractivity contribution in [3.8, 4) is 5.75 Å². The molecule has 0 unspecified atom stereocenters. The van der Waals surface area contributed by atoms with Crippen LogP contribution >= 0.6 is 17.0 Å². The fourth-order valence-electron chi connectivity index (χ4n) is 5.94. The molecule has 0 atom stereocenters. The van der Waals surface area contributed by atoms with Crippen molar-refractivity contribution in [2.24, 2.45) is 22.7 Å². The third-order valence-electron chi connectivity index (χ3n) is 6.31. The van der Waals surface area contributed by atoms with Gasteiger partial charge in [-0.3, -0.25) is 4.99 Å². The predicted octanol–water partition coefficient (Wildman–Crippen LogP) is 5.98. The summed E-state index contributed by atoms with van der Waals surface area (Å²) in [4.78, 5) is 4.35. The second-order valence-electron chi connectivity index (χ2n) is 8.15. The maximum atomic E-state index is 10.9. The van der Waals surface area contributed by atoms with E-state index >= 15 is 0 Å². The molecule has 4 fully saturated rings. The van der Waals surface area contributed by atoms with Gasteiger partial charge in [0.15, 0.2) is 0 Å². The van der Waals surface area contributed by atoms with Crippen LogP contribution in [0.3, 0.4) is 0 Å². The van der Waals surface area contributed by atoms with Gasteiger partial charge in [0, 0.05) is 23.9 Å². The number of benzene rings is 1. The summed E-state index contributed by atoms with van der Waals surface area (Å²) in [5.41, 5.74) is 3.64. The third-order valence-corrected chi connectivity index (χ3v) is 6.31. The van der Waals surface area contributed by atoms with E-state index in [1.54, 1.807) is 0 Å². The summed E-state index contributed by atoms with van der Waals surface area (Å²) in [5, 5.41) is 10.9. The summed E-state index contributed by atoms with van der Waals surface area (Å²) >= 11 is -0.826. The Morgan fingerprint density at radius 1 is 1.16 bits per heavy atom. The molecular formula is C20H27Cl2NOZr. The van der Waals surface area contributed by atoms with Crippen LogP contribution in [0, 0.1) is 24.7 Å². The molecule has 0 amide bonds. The molecule has 0 aliphatic heterocycles. The Morgan fingerprint density at radius 3 is 2.16 bits per heavy atom. The van der Waals surface area contributed by atoms with Crippen molar-refractivity contribution in [1.82, 2.24) is 0 Å². The Hall–Kier alpha value is 0.153. The SMILES string of the molecule is CCN=Cc1cc(C)cc(C23CC4CC(CC(C4)C2)C3)c1O.[Cl][Zr][Cl]. The molecule has 0 radical (unpaired) electrons. The predicted molar refractivity (Wildman–Crippen MR) is 103 cm³/mol. The van der Waals surface area contributed by atoms with E-state index in [0.717, 1.165) is 29.9 Å². The summed E-state index contributed by atoms with van der Waals surface area (Å²) in [5.74, 6) is 3.21. The van der Waals surface area contributed by atoms with Crippen molar-refractivity contribution in [2.75, 3.05) is 6.54 Å². The van der Waals surface area contributed by atoms with Gasteiger partial charge in [-0.25, -0.2) is 0 Å². The average Bonchev–Trinajstić information content (AvgIpc) is 2.54. The Bertz CT molecular complexity index is 612. The van der Waals surface area contributed by atoms with Gasteiger partial charge < -0.3 is 5.11 Å². The number of rotatable bonds is 3. The summed E-state index contributed by atoms with van der Waals surface area (Å²) in [6, 6.07) is 4.32. The molecule has 4 aliphatic carbocycles. The van der Waals surface area contributed by atoms with Gasteiger partial charge in [0.2, 0.25) is 0 Å². The number of halogens is 2. The minimum atomic E-state index is -0.826. The molecule has 1 aromatic carbocycles. The zero-order valence-corrected chi connectivity index (χ0v) is 19.0. The van der Waals surface area contributed by atoms with Crippen LogP contribution in [-0.2, 0) is 26.3 Å². The molecule has 136 valence electrons. The molecule has 0 spiro atoms. The van der Waals surface area contributed by atoms with Crippen molar-refractivity contribution < 1.29 is 26.0 Å². The van der Waals surface area contributed by atoms with Crippen LogP contribution in [0.5, 0.6) is 5.75 Å². The molecule has 5 heteroatoms. The van der Waals surface area contributed by atoms with Gasteiger partial charge in [0.1, 0.15) is 5.75 Å². The van der Waals surface area contributed by atoms with E-state index in [-0.39, 0.29) is 5.41 Å². The molecule has 5 rings (SSSR count). The molecule has 2 nitrogen and oxygen atoms in total. The van der Waals surface area contributed by atoms with Crippen LogP contribution in [0.15, 0.2) is 17.1 Å². The van der Waals surface area contributed by atoms with Crippen LogP contribution in [0.25, 0.3) is 0 Å². The standard InChI is InChI=1S/C20H27NO.2ClH.Zr/c1-3-21-12-17-4-13(2)5-18(19(17)22)20-9-14-6-15(10-20)8-16(7-14)11-20;;;/h4-5,12,14-16,22H,3,6-11H2,1-2H3;2*1H;/q;;;+2/p-2. The number of phenolic OH excluding ortho intramolecular Hbond substituents is 1. The zero-order valence-electron chi connectivity index (χ0n) is 15.1. The first-order chi connectivity index (χ1) is 12.0. The molecule has 0 heterocycles. The number of hydrogen-bond acceptors (Lipinski definition) is 2. The van der Waals surface area contributed by atoms with Gasteiger partial charge in [-0.1, -0.05) is 6.07 Å². The minimum absolute atomic E-state index is 0.250. The van der Waals surface area contributed by atoms with Crippen LogP contribution in [-0.4, -0.2) is 17.9 Å². The molecular weight excluding hydrogens is 432 g/mol. The van der Waals surface area contributed by atoms with E-state index in [9.17, 15) is 5.11 Å². The quantitative estimate of drug-likeness (QED) is 0.554. The monoisotopic (exact) mass is 457 g/mol. The van der Waals surface area contributed by atoms with Gasteiger partial charge in [0.25, 0.3) is 0 Å². The number of hydrogen-bond donors (Lipinski definition) is 1. The van der Waals surface area contributed by atoms with Crippen LogP contribution in [0.2, 0.25) is 0 Å². The van der Waals surface area contributed by atoms with Crippen molar-refractivity contribution in [3.63, 3.8) is 0 Å². The van der Waals surface area contributed by atoms with Crippen LogP contribution in [0.4, 0.5) is 0 Å². The van der Waals surface area contributed by atoms with E-state index in [1.165, 1.54) is 49.7 Å². The molecule has 0 saturated heterocycles. The second kappa shape index (κ2) is 8.45. The molecule has 1 N–H and O–H groups in total. The Balaban J connectivity index is 0.000000569. The molecule has 4 aliphatic rings. The fraction of sp³-hybridized carbons (Fsp3) is 0.650. The molecule has 1 aromatic rings. The van der Waals surface area contributed by atoms with E-state index in [1.807, 2.05) is 13.1 Å². The van der Waals surface area contributed by atoms with Crippen molar-refractivity contribution >= 4 is 23.2 Å². The maximum absolute atomic E-state index is 10.9. The van der Waals surface area contributed by atoms with Gasteiger partial charge in [-0.2, -0.15) is 0 Å². The topological polar surface area (TPSA) is 32.6 Å². The fourth-order valence-corrected chi connectivity index (χ4v) is 5.94. The zero-order chi connectivity index (χ0) is 18.0. The number of aromatic hydroxyl groups is 1. The summed E-state index contributed by atoms with van der Waals surface area (Å²) in [7, 11) is 9.87. The average molecular weight is 460 g/mol. The van der Waals surface area contributed by atoms with E-state index < -0.39 is 20.8 Å². The normalized spacial score (nSPS) is 32.6. The van der Waals surface area contributed by atoms with Gasteiger partial charge in [0.05, 0.1) is 0 Å². The molecule has 0 aromatic heterocycles. The number of nitrogens with zero attached hydrogens (tertiary/aromatic N) is 1. The molecule has 25 heavy (non-hydrogen) atoms. The number of aryl methyl sites for hydroxylation is 1. The van der Waals surface area contributed by atoms with Gasteiger partial charge >= 0.3 is 37.9 Å². The van der Waals surface area contributed by atoms with Crippen molar-refractivity contribution in [2.45, 2.75) is 57.8 Å². The third kappa shape index (κ3) is 4.20. The van der Waals surface area contributed by atoms with Crippen molar-refractivity contribution in [3.05, 3.63) is 28.8 Å². The van der Waals surface area contributed by atoms with Gasteiger partial charge in [-0.05, 0) is 87.2 Å². The van der Waals surface area contributed by atoms with E-state index in [4.69, 9.17) is 17.0 Å². The summed E-state index contributed by atoms with van der Waals surface area (Å²) in [6.45, 7) is 4.94. The number of aliphatic imine (C=N–C) groups is 1. The first-order valence-electron chi connectivity index (χ1n) is 9.31. The first kappa shape index (κ1) is 19.9. The Kier molecular flexibility index (Phi) is 6.72. The van der Waals surface area contributed by atoms with Crippen molar-refractivity contribution in [1.29, 1.82) is 0 Å². The van der Waals surface area contributed by atoms with Crippen LogP contribution in [0.1, 0.15) is 62.1 Å². The Labute approximate surface area is 170 Å². The molecule has 4 bridgehead atoms. The Morgan fingerprint density at radius 2 is 1.68 bits per heavy atom. The first-order valence-corrected chi connectivity index (χ1v) is 15.6. The molecule has 4 saturated carbocycles.